The summed E-state index contributed by atoms with van der Waals surface area (Å²) in [6, 6.07) is 16.8. The highest BCUT2D eigenvalue weighted by Crippen LogP contribution is 2.37. The molecule has 0 aliphatic heterocycles. The fraction of sp³-hybridized carbons (Fsp3) is 0.286. The average molecular weight is 443 g/mol. The van der Waals surface area contributed by atoms with Crippen LogP contribution in [0.5, 0.6) is 5.75 Å². The van der Waals surface area contributed by atoms with Gasteiger partial charge in [0, 0.05) is 23.4 Å². The molecule has 1 amide bonds. The monoisotopic (exact) mass is 442 g/mol. The molecular formula is C28H30N2O3. The first-order chi connectivity index (χ1) is 16.1. The van der Waals surface area contributed by atoms with E-state index in [2.05, 4.69) is 4.98 Å². The number of carbonyl (C=O) groups excluding carboxylic acids is 1. The minimum atomic E-state index is -0.466. The van der Waals surface area contributed by atoms with Crippen LogP contribution in [-0.4, -0.2) is 18.0 Å². The van der Waals surface area contributed by atoms with Crippen molar-refractivity contribution in [3.05, 3.63) is 71.9 Å². The maximum Gasteiger partial charge on any atom is 0.248 e. The predicted molar refractivity (Wildman–Crippen MR) is 132 cm³/mol. The van der Waals surface area contributed by atoms with Crippen molar-refractivity contribution in [3.63, 3.8) is 0 Å². The maximum absolute atomic E-state index is 11.5. The van der Waals surface area contributed by atoms with Gasteiger partial charge in [-0.2, -0.15) is 0 Å². The van der Waals surface area contributed by atoms with Crippen LogP contribution in [0.3, 0.4) is 0 Å². The lowest BCUT2D eigenvalue weighted by Gasteiger charge is -2.07. The minimum Gasteiger partial charge on any atom is -0.496 e. The van der Waals surface area contributed by atoms with Crippen LogP contribution in [0, 0.1) is 6.92 Å². The van der Waals surface area contributed by atoms with Crippen molar-refractivity contribution in [3.8, 4) is 28.2 Å². The van der Waals surface area contributed by atoms with E-state index in [4.69, 9.17) is 14.9 Å². The molecule has 5 heteroatoms. The highest BCUT2D eigenvalue weighted by Gasteiger charge is 2.16. The molecule has 1 aliphatic carbocycles. The van der Waals surface area contributed by atoms with Gasteiger partial charge in [-0.3, -0.25) is 9.78 Å². The second-order valence-corrected chi connectivity index (χ2v) is 8.45. The van der Waals surface area contributed by atoms with E-state index in [1.54, 1.807) is 31.5 Å². The molecule has 0 spiro atoms. The lowest BCUT2D eigenvalue weighted by Crippen LogP contribution is -2.10. The molecule has 170 valence electrons. The van der Waals surface area contributed by atoms with Gasteiger partial charge in [-0.05, 0) is 42.8 Å². The second-order valence-electron chi connectivity index (χ2n) is 8.45. The van der Waals surface area contributed by atoms with Crippen molar-refractivity contribution in [1.29, 1.82) is 0 Å². The Morgan fingerprint density at radius 2 is 1.67 bits per heavy atom. The van der Waals surface area contributed by atoms with E-state index in [9.17, 15) is 4.79 Å². The molecule has 1 fully saturated rings. The second kappa shape index (κ2) is 10.3. The molecule has 4 aromatic rings. The number of furan rings is 1. The average Bonchev–Trinajstić information content (AvgIpc) is 3.30. The van der Waals surface area contributed by atoms with Crippen molar-refractivity contribution >= 4 is 17.0 Å². The fourth-order valence-electron chi connectivity index (χ4n) is 4.21. The molecule has 1 aliphatic rings. The number of methoxy groups -OCH3 is 1. The molecule has 5 rings (SSSR count). The molecule has 5 nitrogen and oxygen atoms in total. The highest BCUT2D eigenvalue weighted by atomic mass is 16.5. The Morgan fingerprint density at radius 1 is 0.939 bits per heavy atom. The molecule has 2 aromatic carbocycles. The third kappa shape index (κ3) is 5.25. The molecule has 2 heterocycles. The van der Waals surface area contributed by atoms with Crippen LogP contribution in [0.2, 0.25) is 0 Å². The number of nitrogens with zero attached hydrogens (tertiary/aromatic N) is 1. The summed E-state index contributed by atoms with van der Waals surface area (Å²) in [5.41, 5.74) is 10.9. The summed E-state index contributed by atoms with van der Waals surface area (Å²) in [5.74, 6) is 0.945. The summed E-state index contributed by atoms with van der Waals surface area (Å²) in [5, 5.41) is 0. The number of carbonyl (C=O) groups is 1. The molecule has 1 saturated carbocycles. The topological polar surface area (TPSA) is 78.4 Å². The molecule has 0 atom stereocenters. The summed E-state index contributed by atoms with van der Waals surface area (Å²) in [4.78, 5) is 15.9. The smallest absolute Gasteiger partial charge is 0.248 e. The van der Waals surface area contributed by atoms with E-state index in [1.165, 1.54) is 38.5 Å². The van der Waals surface area contributed by atoms with Gasteiger partial charge in [-0.25, -0.2) is 0 Å². The van der Waals surface area contributed by atoms with E-state index >= 15 is 0 Å². The maximum atomic E-state index is 11.5. The van der Waals surface area contributed by atoms with E-state index in [-0.39, 0.29) is 0 Å². The largest absolute Gasteiger partial charge is 0.496 e. The van der Waals surface area contributed by atoms with Gasteiger partial charge < -0.3 is 14.9 Å². The summed E-state index contributed by atoms with van der Waals surface area (Å²) in [7, 11) is 1.63. The number of hydrogen-bond donors (Lipinski definition) is 1. The van der Waals surface area contributed by atoms with Gasteiger partial charge in [0.15, 0.2) is 5.58 Å². The Hall–Kier alpha value is -3.60. The minimum absolute atomic E-state index is 0.449. The molecule has 0 bridgehead atoms. The lowest BCUT2D eigenvalue weighted by molar-refractivity contribution is 0.100. The molecule has 0 radical (unpaired) electrons. The van der Waals surface area contributed by atoms with E-state index in [0.29, 0.717) is 16.9 Å². The summed E-state index contributed by atoms with van der Waals surface area (Å²) < 4.78 is 11.7. The van der Waals surface area contributed by atoms with Crippen molar-refractivity contribution in [2.24, 2.45) is 5.73 Å². The highest BCUT2D eigenvalue weighted by molar-refractivity contribution is 5.97. The van der Waals surface area contributed by atoms with Crippen LogP contribution in [0.25, 0.3) is 33.6 Å². The first kappa shape index (κ1) is 22.6. The van der Waals surface area contributed by atoms with E-state index in [1.807, 2.05) is 43.3 Å². The summed E-state index contributed by atoms with van der Waals surface area (Å²) in [6.07, 6.45) is 10.7. The number of rotatable bonds is 4. The number of aromatic nitrogens is 1. The van der Waals surface area contributed by atoms with Crippen molar-refractivity contribution in [2.75, 3.05) is 7.11 Å². The number of pyridine rings is 1. The molecule has 0 unspecified atom stereocenters. The number of nitrogens with two attached hydrogens (primary N) is 1. The van der Waals surface area contributed by atoms with Crippen molar-refractivity contribution < 1.29 is 13.9 Å². The Kier molecular flexibility index (Phi) is 7.08. The lowest BCUT2D eigenvalue weighted by atomic mass is 10.0. The molecule has 33 heavy (non-hydrogen) atoms. The quantitative estimate of drug-likeness (QED) is 0.372. The summed E-state index contributed by atoms with van der Waals surface area (Å²) >= 11 is 0. The third-order valence-electron chi connectivity index (χ3n) is 5.99. The van der Waals surface area contributed by atoms with Crippen LogP contribution in [0.4, 0.5) is 0 Å². The Balaban J connectivity index is 0.000000376. The molecular weight excluding hydrogens is 412 g/mol. The van der Waals surface area contributed by atoms with Crippen LogP contribution in [0.1, 0.15) is 54.4 Å². The van der Waals surface area contributed by atoms with Crippen LogP contribution in [-0.2, 0) is 0 Å². The Labute approximate surface area is 194 Å². The number of primary amides is 1. The molecule has 2 N–H and O–H groups in total. The summed E-state index contributed by atoms with van der Waals surface area (Å²) in [6.45, 7) is 2.02. The fourth-order valence-corrected chi connectivity index (χ4v) is 4.21. The number of aryl methyl sites for hydroxylation is 1. The Morgan fingerprint density at radius 3 is 2.33 bits per heavy atom. The van der Waals surface area contributed by atoms with Crippen molar-refractivity contribution in [2.45, 2.75) is 45.4 Å². The first-order valence-corrected chi connectivity index (χ1v) is 11.5. The van der Waals surface area contributed by atoms with Gasteiger partial charge in [-0.1, -0.05) is 62.3 Å². The number of amides is 1. The van der Waals surface area contributed by atoms with Gasteiger partial charge in [0.2, 0.25) is 5.91 Å². The molecule has 2 aromatic heterocycles. The third-order valence-corrected chi connectivity index (χ3v) is 5.99. The van der Waals surface area contributed by atoms with Crippen LogP contribution < -0.4 is 10.5 Å². The zero-order valence-corrected chi connectivity index (χ0v) is 19.3. The standard InChI is InChI=1S/C22H18N2O3.C6H12/c1-13-6-7-19(26-2)17(10-13)20-12-18-21(27-20)16(8-9-24-18)14-4-3-5-15(11-14)22(23)25;1-2-4-6-5-3-1/h3-12H,1-2H3,(H2,23,25);1-6H2. The normalized spacial score (nSPS) is 13.3. The van der Waals surface area contributed by atoms with Crippen molar-refractivity contribution in [1.82, 2.24) is 4.98 Å². The number of benzene rings is 2. The van der Waals surface area contributed by atoms with Gasteiger partial charge in [0.1, 0.15) is 17.0 Å². The predicted octanol–water partition coefficient (Wildman–Crippen LogP) is 6.92. The van der Waals surface area contributed by atoms with E-state index < -0.39 is 5.91 Å². The van der Waals surface area contributed by atoms with Gasteiger partial charge >= 0.3 is 0 Å². The first-order valence-electron chi connectivity index (χ1n) is 11.5. The Bertz CT molecular complexity index is 1240. The number of fused-ring (bicyclic) bond motifs is 1. The van der Waals surface area contributed by atoms with Gasteiger partial charge in [0.05, 0.1) is 12.7 Å². The SMILES string of the molecule is C1CCCCC1.COc1ccc(C)cc1-c1cc2nccc(-c3cccc(C(N)=O)c3)c2o1. The molecule has 0 saturated heterocycles. The van der Waals surface area contributed by atoms with Crippen LogP contribution in [0.15, 0.2) is 65.2 Å². The van der Waals surface area contributed by atoms with Gasteiger partial charge in [-0.15, -0.1) is 0 Å². The van der Waals surface area contributed by atoms with Crippen LogP contribution >= 0.6 is 0 Å². The number of ether oxygens (including phenoxy) is 1. The van der Waals surface area contributed by atoms with Gasteiger partial charge in [0.25, 0.3) is 0 Å². The van der Waals surface area contributed by atoms with E-state index in [0.717, 1.165) is 33.5 Å². The zero-order chi connectivity index (χ0) is 23.2. The number of hydrogen-bond acceptors (Lipinski definition) is 4. The zero-order valence-electron chi connectivity index (χ0n) is 19.3.